The van der Waals surface area contributed by atoms with E-state index >= 15 is 0 Å². The molecule has 122 valence electrons. The fraction of sp³-hybridized carbons (Fsp3) is 0.0870. The van der Waals surface area contributed by atoms with Crippen molar-refractivity contribution < 1.29 is 0 Å². The molecule has 0 saturated carbocycles. The van der Waals surface area contributed by atoms with Gasteiger partial charge in [0.2, 0.25) is 0 Å². The van der Waals surface area contributed by atoms with Gasteiger partial charge in [-0.05, 0) is 28.8 Å². The van der Waals surface area contributed by atoms with Gasteiger partial charge < -0.3 is 0 Å². The number of benzene rings is 3. The van der Waals surface area contributed by atoms with Crippen molar-refractivity contribution in [2.24, 2.45) is 0 Å². The summed E-state index contributed by atoms with van der Waals surface area (Å²) in [5, 5.41) is 9.33. The SMILES string of the molecule is N#Cc1cccc(CSC(/C=C/c2ccccc2)c2ccccc2)c1. The Bertz CT molecular complexity index is 863. The zero-order valence-corrected chi connectivity index (χ0v) is 14.7. The third-order valence-electron chi connectivity index (χ3n) is 3.88. The minimum absolute atomic E-state index is 0.271. The molecular weight excluding hydrogens is 322 g/mol. The van der Waals surface area contributed by atoms with Crippen LogP contribution in [-0.4, -0.2) is 0 Å². The van der Waals surface area contributed by atoms with E-state index in [0.717, 1.165) is 5.75 Å². The molecule has 0 bridgehead atoms. The molecule has 0 radical (unpaired) electrons. The normalized spacial score (nSPS) is 12.0. The molecule has 0 amide bonds. The lowest BCUT2D eigenvalue weighted by Gasteiger charge is -2.13. The highest BCUT2D eigenvalue weighted by Gasteiger charge is 2.09. The molecular formula is C23H19NS. The Morgan fingerprint density at radius 2 is 1.60 bits per heavy atom. The van der Waals surface area contributed by atoms with Crippen LogP contribution in [0, 0.1) is 11.3 Å². The standard InChI is InChI=1S/C23H19NS/c24-17-20-10-7-11-21(16-20)18-25-23(22-12-5-2-6-13-22)15-14-19-8-3-1-4-9-19/h1-16,23H,18H2/b15-14+. The highest BCUT2D eigenvalue weighted by atomic mass is 32.2. The first-order valence-electron chi connectivity index (χ1n) is 8.24. The van der Waals surface area contributed by atoms with Crippen LogP contribution in [0.5, 0.6) is 0 Å². The molecule has 2 heteroatoms. The maximum atomic E-state index is 9.06. The van der Waals surface area contributed by atoms with Crippen LogP contribution in [0.15, 0.2) is 91.0 Å². The van der Waals surface area contributed by atoms with Crippen LogP contribution >= 0.6 is 11.8 Å². The Morgan fingerprint density at radius 1 is 0.880 bits per heavy atom. The molecule has 1 unspecified atom stereocenters. The van der Waals surface area contributed by atoms with Crippen molar-refractivity contribution in [2.75, 3.05) is 0 Å². The van der Waals surface area contributed by atoms with E-state index in [4.69, 9.17) is 5.26 Å². The number of hydrogen-bond acceptors (Lipinski definition) is 2. The first-order chi connectivity index (χ1) is 12.3. The van der Waals surface area contributed by atoms with E-state index in [1.807, 2.05) is 42.1 Å². The fourth-order valence-electron chi connectivity index (χ4n) is 2.58. The first kappa shape index (κ1) is 17.1. The zero-order chi connectivity index (χ0) is 17.3. The molecule has 0 heterocycles. The van der Waals surface area contributed by atoms with Crippen LogP contribution in [0.3, 0.4) is 0 Å². The van der Waals surface area contributed by atoms with E-state index in [1.54, 1.807) is 0 Å². The van der Waals surface area contributed by atoms with Crippen molar-refractivity contribution in [3.8, 4) is 6.07 Å². The summed E-state index contributed by atoms with van der Waals surface area (Å²) in [6.45, 7) is 0. The molecule has 0 fully saturated rings. The van der Waals surface area contributed by atoms with Crippen LogP contribution in [0.1, 0.15) is 27.5 Å². The minimum Gasteiger partial charge on any atom is -0.192 e. The Kier molecular flexibility index (Phi) is 6.09. The summed E-state index contributed by atoms with van der Waals surface area (Å²) in [5.41, 5.74) is 4.39. The molecule has 0 spiro atoms. The van der Waals surface area contributed by atoms with Gasteiger partial charge in [0.25, 0.3) is 0 Å². The Labute approximate surface area is 153 Å². The molecule has 25 heavy (non-hydrogen) atoms. The van der Waals surface area contributed by atoms with Gasteiger partial charge in [0.1, 0.15) is 0 Å². The quantitative estimate of drug-likeness (QED) is 0.529. The van der Waals surface area contributed by atoms with Crippen molar-refractivity contribution in [2.45, 2.75) is 11.0 Å². The van der Waals surface area contributed by atoms with Crippen LogP contribution in [0.2, 0.25) is 0 Å². The third-order valence-corrected chi connectivity index (χ3v) is 5.17. The lowest BCUT2D eigenvalue weighted by atomic mass is 10.1. The second-order valence-electron chi connectivity index (χ2n) is 5.72. The second kappa shape index (κ2) is 8.92. The van der Waals surface area contributed by atoms with Crippen molar-refractivity contribution in [1.82, 2.24) is 0 Å². The average molecular weight is 341 g/mol. The highest BCUT2D eigenvalue weighted by molar-refractivity contribution is 7.98. The molecule has 3 aromatic rings. The van der Waals surface area contributed by atoms with E-state index in [1.165, 1.54) is 16.7 Å². The van der Waals surface area contributed by atoms with Crippen molar-refractivity contribution >= 4 is 17.8 Å². The molecule has 0 aliphatic rings. The van der Waals surface area contributed by atoms with Crippen LogP contribution in [-0.2, 0) is 5.75 Å². The third kappa shape index (κ3) is 5.11. The van der Waals surface area contributed by atoms with Gasteiger partial charge in [0.15, 0.2) is 0 Å². The molecule has 0 aliphatic carbocycles. The van der Waals surface area contributed by atoms with Crippen molar-refractivity contribution in [3.05, 3.63) is 113 Å². The predicted molar refractivity (Wildman–Crippen MR) is 107 cm³/mol. The molecule has 3 rings (SSSR count). The van der Waals surface area contributed by atoms with Crippen LogP contribution in [0.25, 0.3) is 6.08 Å². The summed E-state index contributed by atoms with van der Waals surface area (Å²) in [7, 11) is 0. The average Bonchev–Trinajstić information content (AvgIpc) is 2.69. The van der Waals surface area contributed by atoms with Gasteiger partial charge in [-0.3, -0.25) is 0 Å². The van der Waals surface area contributed by atoms with Gasteiger partial charge in [-0.25, -0.2) is 0 Å². The first-order valence-corrected chi connectivity index (χ1v) is 9.29. The lowest BCUT2D eigenvalue weighted by molar-refractivity contribution is 1.22. The van der Waals surface area contributed by atoms with Crippen molar-refractivity contribution in [1.29, 1.82) is 5.26 Å². The van der Waals surface area contributed by atoms with Gasteiger partial charge in [0, 0.05) is 11.0 Å². The smallest absolute Gasteiger partial charge is 0.0991 e. The molecule has 0 N–H and O–H groups in total. The lowest BCUT2D eigenvalue weighted by Crippen LogP contribution is -1.92. The molecule has 1 nitrogen and oxygen atoms in total. The van der Waals surface area contributed by atoms with E-state index in [-0.39, 0.29) is 5.25 Å². The molecule has 0 aromatic heterocycles. The molecule has 0 saturated heterocycles. The maximum Gasteiger partial charge on any atom is 0.0991 e. The number of rotatable bonds is 6. The van der Waals surface area contributed by atoms with E-state index in [9.17, 15) is 0 Å². The Hall–Kier alpha value is -2.76. The molecule has 1 atom stereocenters. The topological polar surface area (TPSA) is 23.8 Å². The van der Waals surface area contributed by atoms with Gasteiger partial charge in [-0.15, -0.1) is 11.8 Å². The van der Waals surface area contributed by atoms with Gasteiger partial charge >= 0.3 is 0 Å². The predicted octanol–water partition coefficient (Wildman–Crippen LogP) is 6.25. The summed E-state index contributed by atoms with van der Waals surface area (Å²) in [4.78, 5) is 0. The highest BCUT2D eigenvalue weighted by Crippen LogP contribution is 2.33. The van der Waals surface area contributed by atoms with Gasteiger partial charge in [-0.2, -0.15) is 5.26 Å². The molecule has 0 aliphatic heterocycles. The largest absolute Gasteiger partial charge is 0.192 e. The van der Waals surface area contributed by atoms with Crippen LogP contribution < -0.4 is 0 Å². The maximum absolute atomic E-state index is 9.06. The van der Waals surface area contributed by atoms with Gasteiger partial charge in [-0.1, -0.05) is 84.9 Å². The summed E-state index contributed by atoms with van der Waals surface area (Å²) in [6, 6.07) is 30.9. The number of thioether (sulfide) groups is 1. The second-order valence-corrected chi connectivity index (χ2v) is 6.85. The Balaban J connectivity index is 1.77. The number of nitriles is 1. The number of nitrogens with zero attached hydrogens (tertiary/aromatic N) is 1. The summed E-state index contributed by atoms with van der Waals surface area (Å²) < 4.78 is 0. The van der Waals surface area contributed by atoms with E-state index < -0.39 is 0 Å². The number of hydrogen-bond donors (Lipinski definition) is 0. The summed E-state index contributed by atoms with van der Waals surface area (Å²) >= 11 is 1.87. The fourth-order valence-corrected chi connectivity index (χ4v) is 3.68. The minimum atomic E-state index is 0.271. The van der Waals surface area contributed by atoms with Crippen LogP contribution in [0.4, 0.5) is 0 Å². The summed E-state index contributed by atoms with van der Waals surface area (Å²) in [6.07, 6.45) is 4.43. The molecule has 3 aromatic carbocycles. The van der Waals surface area contributed by atoms with E-state index in [2.05, 4.69) is 72.8 Å². The Morgan fingerprint density at radius 3 is 2.32 bits per heavy atom. The monoisotopic (exact) mass is 341 g/mol. The van der Waals surface area contributed by atoms with E-state index in [0.29, 0.717) is 5.56 Å². The van der Waals surface area contributed by atoms with Crippen molar-refractivity contribution in [3.63, 3.8) is 0 Å². The van der Waals surface area contributed by atoms with Gasteiger partial charge in [0.05, 0.1) is 11.6 Å². The zero-order valence-electron chi connectivity index (χ0n) is 13.9. The summed E-state index contributed by atoms with van der Waals surface area (Å²) in [5.74, 6) is 0.869.